The lowest BCUT2D eigenvalue weighted by Gasteiger charge is -2.12. The Morgan fingerprint density at radius 2 is 1.95 bits per heavy atom. The molecule has 102 valence electrons. The van der Waals surface area contributed by atoms with Crippen LogP contribution in [-0.4, -0.2) is 23.9 Å². The fourth-order valence-electron chi connectivity index (χ4n) is 1.83. The average molecular weight is 283 g/mol. The second kappa shape index (κ2) is 4.89. The molecule has 0 amide bonds. The Labute approximate surface area is 115 Å². The molecule has 4 N–H and O–H groups in total. The molecule has 0 saturated heterocycles. The highest BCUT2D eigenvalue weighted by molar-refractivity contribution is 6.35. The van der Waals surface area contributed by atoms with E-state index in [1.807, 2.05) is 0 Å². The van der Waals surface area contributed by atoms with Crippen LogP contribution in [0.1, 0.15) is 5.82 Å². The summed E-state index contributed by atoms with van der Waals surface area (Å²) in [6, 6.07) is 3.51. The maximum absolute atomic E-state index is 6.31. The van der Waals surface area contributed by atoms with Crippen molar-refractivity contribution in [3.8, 4) is 22.8 Å². The highest BCUT2D eigenvalue weighted by atomic mass is 35.5. The van der Waals surface area contributed by atoms with Gasteiger partial charge in [-0.05, 0) is 19.1 Å². The van der Waals surface area contributed by atoms with Crippen LogP contribution in [0.25, 0.3) is 11.3 Å². The molecule has 0 aliphatic heterocycles. The lowest BCUT2D eigenvalue weighted by Crippen LogP contribution is -2.13. The van der Waals surface area contributed by atoms with Crippen molar-refractivity contribution in [1.29, 1.82) is 0 Å². The fraction of sp³-hybridized carbons (Fsp3) is 0.250. The Morgan fingerprint density at radius 3 is 2.42 bits per heavy atom. The summed E-state index contributed by atoms with van der Waals surface area (Å²) in [7, 11) is 3.06. The minimum atomic E-state index is 0.339. The minimum absolute atomic E-state index is 0.339. The molecule has 6 nitrogen and oxygen atoms in total. The van der Waals surface area contributed by atoms with Crippen molar-refractivity contribution >= 4 is 17.4 Å². The Balaban J connectivity index is 2.66. The van der Waals surface area contributed by atoms with E-state index in [0.29, 0.717) is 39.4 Å². The molecule has 1 heterocycles. The molecule has 2 aromatic rings. The average Bonchev–Trinajstić information content (AvgIpc) is 2.66. The first-order valence-electron chi connectivity index (χ1n) is 5.52. The number of anilines is 1. The molecule has 0 aliphatic rings. The molecular formula is C12H15ClN4O2. The second-order valence-corrected chi connectivity index (χ2v) is 4.30. The molecule has 0 atom stereocenters. The number of hydrogen-bond donors (Lipinski definition) is 2. The largest absolute Gasteiger partial charge is 0.493 e. The summed E-state index contributed by atoms with van der Waals surface area (Å²) in [5, 5.41) is 0.381. The third-order valence-corrected chi connectivity index (χ3v) is 3.24. The maximum Gasteiger partial charge on any atom is 0.180 e. The van der Waals surface area contributed by atoms with Crippen LogP contribution in [0.15, 0.2) is 12.1 Å². The minimum Gasteiger partial charge on any atom is -0.493 e. The van der Waals surface area contributed by atoms with E-state index < -0.39 is 0 Å². The molecule has 0 spiro atoms. The van der Waals surface area contributed by atoms with E-state index in [9.17, 15) is 0 Å². The summed E-state index contributed by atoms with van der Waals surface area (Å²) in [6.07, 6.45) is 0. The third kappa shape index (κ3) is 2.04. The molecule has 2 rings (SSSR count). The van der Waals surface area contributed by atoms with Gasteiger partial charge in [0, 0.05) is 5.56 Å². The molecule has 0 bridgehead atoms. The van der Waals surface area contributed by atoms with Gasteiger partial charge in [-0.15, -0.1) is 0 Å². The van der Waals surface area contributed by atoms with Crippen LogP contribution >= 0.6 is 11.6 Å². The van der Waals surface area contributed by atoms with Gasteiger partial charge in [-0.25, -0.2) is 9.66 Å². The number of nitrogens with two attached hydrogens (primary N) is 2. The maximum atomic E-state index is 6.31. The summed E-state index contributed by atoms with van der Waals surface area (Å²) in [4.78, 5) is 4.30. The first-order chi connectivity index (χ1) is 9.01. The van der Waals surface area contributed by atoms with Crippen LogP contribution in [0.3, 0.4) is 0 Å². The van der Waals surface area contributed by atoms with Crippen molar-refractivity contribution in [3.63, 3.8) is 0 Å². The molecule has 0 radical (unpaired) electrons. The summed E-state index contributed by atoms with van der Waals surface area (Å²) < 4.78 is 11.7. The van der Waals surface area contributed by atoms with Crippen LogP contribution in [-0.2, 0) is 0 Å². The molecule has 1 aromatic carbocycles. The van der Waals surface area contributed by atoms with Crippen molar-refractivity contribution < 1.29 is 9.47 Å². The summed E-state index contributed by atoms with van der Waals surface area (Å²) in [5.74, 6) is 7.66. The summed E-state index contributed by atoms with van der Waals surface area (Å²) in [5.41, 5.74) is 7.07. The molecule has 0 aliphatic carbocycles. The number of imidazole rings is 1. The first-order valence-corrected chi connectivity index (χ1v) is 5.89. The lowest BCUT2D eigenvalue weighted by atomic mass is 10.1. The zero-order valence-corrected chi connectivity index (χ0v) is 11.7. The van der Waals surface area contributed by atoms with Gasteiger partial charge in [0.15, 0.2) is 17.3 Å². The number of nitrogens with zero attached hydrogens (tertiary/aromatic N) is 2. The van der Waals surface area contributed by atoms with E-state index in [4.69, 9.17) is 32.7 Å². The van der Waals surface area contributed by atoms with Gasteiger partial charge in [-0.2, -0.15) is 0 Å². The van der Waals surface area contributed by atoms with Crippen molar-refractivity contribution in [1.82, 2.24) is 9.66 Å². The normalized spacial score (nSPS) is 10.5. The monoisotopic (exact) mass is 282 g/mol. The van der Waals surface area contributed by atoms with Crippen LogP contribution in [0.4, 0.5) is 5.82 Å². The number of halogens is 1. The standard InChI is InChI=1S/C12H15ClN4O2/c1-6-16-10(12(14)17(6)15)7-4-5-8(18-2)11(19-3)9(7)13/h4-5H,14-15H2,1-3H3. The molecule has 1 aromatic heterocycles. The topological polar surface area (TPSA) is 88.3 Å². The lowest BCUT2D eigenvalue weighted by molar-refractivity contribution is 0.355. The van der Waals surface area contributed by atoms with E-state index >= 15 is 0 Å². The van der Waals surface area contributed by atoms with E-state index in [1.54, 1.807) is 26.2 Å². The van der Waals surface area contributed by atoms with Gasteiger partial charge in [0.2, 0.25) is 0 Å². The Hall–Kier alpha value is -2.08. The van der Waals surface area contributed by atoms with Crippen molar-refractivity contribution in [2.45, 2.75) is 6.92 Å². The molecule has 0 unspecified atom stereocenters. The van der Waals surface area contributed by atoms with Crippen LogP contribution in [0, 0.1) is 6.92 Å². The highest BCUT2D eigenvalue weighted by Crippen LogP contribution is 2.42. The Kier molecular flexibility index (Phi) is 3.44. The van der Waals surface area contributed by atoms with E-state index in [0.717, 1.165) is 0 Å². The zero-order valence-electron chi connectivity index (χ0n) is 10.9. The number of rotatable bonds is 3. The van der Waals surface area contributed by atoms with E-state index in [1.165, 1.54) is 11.8 Å². The van der Waals surface area contributed by atoms with Gasteiger partial charge in [-0.3, -0.25) is 0 Å². The smallest absolute Gasteiger partial charge is 0.180 e. The zero-order chi connectivity index (χ0) is 14.2. The summed E-state index contributed by atoms with van der Waals surface area (Å²) in [6.45, 7) is 1.76. The summed E-state index contributed by atoms with van der Waals surface area (Å²) >= 11 is 6.31. The molecular weight excluding hydrogens is 268 g/mol. The number of methoxy groups -OCH3 is 2. The van der Waals surface area contributed by atoms with Crippen molar-refractivity contribution in [2.24, 2.45) is 0 Å². The number of aromatic nitrogens is 2. The van der Waals surface area contributed by atoms with Crippen LogP contribution < -0.4 is 21.1 Å². The first kappa shape index (κ1) is 13.4. The number of ether oxygens (including phenoxy) is 2. The molecule has 7 heteroatoms. The number of aryl methyl sites for hydroxylation is 1. The molecule has 0 fully saturated rings. The third-order valence-electron chi connectivity index (χ3n) is 2.86. The van der Waals surface area contributed by atoms with E-state index in [-0.39, 0.29) is 0 Å². The Bertz CT molecular complexity index is 625. The van der Waals surface area contributed by atoms with Crippen molar-refractivity contribution in [2.75, 3.05) is 25.8 Å². The van der Waals surface area contributed by atoms with Crippen LogP contribution in [0.2, 0.25) is 5.02 Å². The predicted molar refractivity (Wildman–Crippen MR) is 75.1 cm³/mol. The van der Waals surface area contributed by atoms with Gasteiger partial charge < -0.3 is 21.1 Å². The number of hydrogen-bond acceptors (Lipinski definition) is 5. The van der Waals surface area contributed by atoms with Crippen molar-refractivity contribution in [3.05, 3.63) is 23.0 Å². The highest BCUT2D eigenvalue weighted by Gasteiger charge is 2.19. The quantitative estimate of drug-likeness (QED) is 0.839. The molecule has 0 saturated carbocycles. The fourth-order valence-corrected chi connectivity index (χ4v) is 2.15. The second-order valence-electron chi connectivity index (χ2n) is 3.93. The van der Waals surface area contributed by atoms with Gasteiger partial charge >= 0.3 is 0 Å². The molecule has 19 heavy (non-hydrogen) atoms. The van der Waals surface area contributed by atoms with Crippen LogP contribution in [0.5, 0.6) is 11.5 Å². The van der Waals surface area contributed by atoms with Gasteiger partial charge in [-0.1, -0.05) is 11.6 Å². The van der Waals surface area contributed by atoms with Gasteiger partial charge in [0.05, 0.1) is 19.2 Å². The Morgan fingerprint density at radius 1 is 1.26 bits per heavy atom. The number of nitrogen functional groups attached to an aromatic ring is 2. The SMILES string of the molecule is COc1ccc(-c2nc(C)n(N)c2N)c(Cl)c1OC. The predicted octanol–water partition coefficient (Wildman–Crippen LogP) is 1.83. The van der Waals surface area contributed by atoms with Gasteiger partial charge in [0.25, 0.3) is 0 Å². The number of benzene rings is 1. The van der Waals surface area contributed by atoms with Gasteiger partial charge in [0.1, 0.15) is 11.5 Å². The van der Waals surface area contributed by atoms with E-state index in [2.05, 4.69) is 4.98 Å².